The van der Waals surface area contributed by atoms with Crippen LogP contribution in [0, 0.1) is 5.41 Å². The average Bonchev–Trinajstić information content (AvgIpc) is 1.58. The van der Waals surface area contributed by atoms with E-state index in [1.54, 1.807) is 11.8 Å². The number of nitrogens with one attached hydrogen (secondary N) is 1. The largest absolute Gasteiger partial charge is 0.392 e. The molecule has 0 aromatic rings. The minimum atomic E-state index is -0.357. The third kappa shape index (κ3) is 5.53. The molecular weight excluding hydrogens is 130 g/mol. The van der Waals surface area contributed by atoms with Crippen molar-refractivity contribution in [3.05, 3.63) is 0 Å². The number of nitrogens with zero attached hydrogens (tertiary/aromatic N) is 1. The maximum atomic E-state index is 8.88. The van der Waals surface area contributed by atoms with E-state index < -0.39 is 0 Å². The van der Waals surface area contributed by atoms with Crippen LogP contribution in [0.1, 0.15) is 6.92 Å². The van der Waals surface area contributed by atoms with Crippen molar-refractivity contribution in [1.29, 1.82) is 5.41 Å². The summed E-state index contributed by atoms with van der Waals surface area (Å²) >= 11 is 0. The van der Waals surface area contributed by atoms with Crippen molar-refractivity contribution in [2.75, 3.05) is 20.1 Å². The summed E-state index contributed by atoms with van der Waals surface area (Å²) < 4.78 is 0. The normalized spacial score (nSPS) is 13.6. The van der Waals surface area contributed by atoms with E-state index in [1.807, 2.05) is 7.05 Å². The fourth-order valence-corrected chi connectivity index (χ4v) is 0.806. The molecule has 0 aromatic carbocycles. The molecule has 0 aliphatic carbocycles. The number of aliphatic hydroxyl groups is 1. The van der Waals surface area contributed by atoms with Gasteiger partial charge in [-0.2, -0.15) is 0 Å². The van der Waals surface area contributed by atoms with Gasteiger partial charge in [0.25, 0.3) is 0 Å². The van der Waals surface area contributed by atoms with Gasteiger partial charge >= 0.3 is 0 Å². The smallest absolute Gasteiger partial charge is 0.105 e. The highest BCUT2D eigenvalue weighted by molar-refractivity contribution is 5.78. The second-order valence-electron chi connectivity index (χ2n) is 2.57. The summed E-state index contributed by atoms with van der Waals surface area (Å²) in [7, 11) is 1.81. The number of rotatable bonds is 4. The number of likely N-dealkylation sites (N-methyl/N-ethyl adjacent to an activating group) is 1. The predicted molar refractivity (Wildman–Crippen MR) is 41.1 cm³/mol. The molecule has 1 atom stereocenters. The molecule has 0 spiro atoms. The van der Waals surface area contributed by atoms with Gasteiger partial charge in [-0.05, 0) is 14.0 Å². The Hall–Kier alpha value is -0.610. The summed E-state index contributed by atoms with van der Waals surface area (Å²) in [5, 5.41) is 15.8. The highest BCUT2D eigenvalue weighted by atomic mass is 16.3. The molecule has 60 valence electrons. The van der Waals surface area contributed by atoms with E-state index in [1.165, 1.54) is 0 Å². The van der Waals surface area contributed by atoms with E-state index >= 15 is 0 Å². The van der Waals surface area contributed by atoms with E-state index in [4.69, 9.17) is 16.2 Å². The minimum absolute atomic E-state index is 0.128. The lowest BCUT2D eigenvalue weighted by Crippen LogP contribution is -2.34. The van der Waals surface area contributed by atoms with Crippen LogP contribution in [0.2, 0.25) is 0 Å². The fourth-order valence-electron chi connectivity index (χ4n) is 0.806. The predicted octanol–water partition coefficient (Wildman–Crippen LogP) is -0.765. The minimum Gasteiger partial charge on any atom is -0.392 e. The molecular formula is C6H15N3O. The van der Waals surface area contributed by atoms with Crippen LogP contribution in [-0.4, -0.2) is 42.1 Å². The fraction of sp³-hybridized carbons (Fsp3) is 0.833. The van der Waals surface area contributed by atoms with Gasteiger partial charge in [0, 0.05) is 6.54 Å². The summed E-state index contributed by atoms with van der Waals surface area (Å²) in [6, 6.07) is 0. The van der Waals surface area contributed by atoms with Crippen molar-refractivity contribution < 1.29 is 5.11 Å². The molecule has 0 aliphatic heterocycles. The standard InChI is InChI=1S/C6H15N3O/c1-5(10)3-9(2)4-6(7)8/h5,10H,3-4H2,1-2H3,(H3,7,8). The molecule has 0 aliphatic rings. The van der Waals surface area contributed by atoms with Crippen LogP contribution < -0.4 is 5.73 Å². The monoisotopic (exact) mass is 145 g/mol. The Labute approximate surface area is 61.1 Å². The molecule has 0 bridgehead atoms. The molecule has 4 nitrogen and oxygen atoms in total. The van der Waals surface area contributed by atoms with E-state index in [-0.39, 0.29) is 11.9 Å². The molecule has 0 radical (unpaired) electrons. The molecule has 0 rings (SSSR count). The molecule has 4 N–H and O–H groups in total. The van der Waals surface area contributed by atoms with Crippen molar-refractivity contribution >= 4 is 5.84 Å². The number of hydrogen-bond acceptors (Lipinski definition) is 3. The Bertz CT molecular complexity index is 114. The zero-order valence-electron chi connectivity index (χ0n) is 6.46. The van der Waals surface area contributed by atoms with Crippen molar-refractivity contribution in [3.63, 3.8) is 0 Å². The van der Waals surface area contributed by atoms with Crippen LogP contribution in [0.3, 0.4) is 0 Å². The summed E-state index contributed by atoms with van der Waals surface area (Å²) in [5.74, 6) is 0.128. The Morgan fingerprint density at radius 2 is 2.30 bits per heavy atom. The molecule has 1 unspecified atom stereocenters. The van der Waals surface area contributed by atoms with Crippen LogP contribution in [0.15, 0.2) is 0 Å². The second-order valence-corrected chi connectivity index (χ2v) is 2.57. The maximum Gasteiger partial charge on any atom is 0.105 e. The highest BCUT2D eigenvalue weighted by Gasteiger charge is 2.02. The van der Waals surface area contributed by atoms with Crippen LogP contribution in [0.25, 0.3) is 0 Å². The maximum absolute atomic E-state index is 8.88. The first-order chi connectivity index (χ1) is 4.52. The Kier molecular flexibility index (Phi) is 3.99. The molecule has 10 heavy (non-hydrogen) atoms. The van der Waals surface area contributed by atoms with E-state index in [0.29, 0.717) is 13.1 Å². The van der Waals surface area contributed by atoms with Crippen LogP contribution >= 0.6 is 0 Å². The Balaban J connectivity index is 3.43. The van der Waals surface area contributed by atoms with Gasteiger partial charge in [0.1, 0.15) is 5.84 Å². The first-order valence-electron chi connectivity index (χ1n) is 3.22. The zero-order valence-corrected chi connectivity index (χ0v) is 6.46. The molecule has 4 heteroatoms. The third-order valence-corrected chi connectivity index (χ3v) is 1.02. The molecule has 0 heterocycles. The van der Waals surface area contributed by atoms with Gasteiger partial charge < -0.3 is 10.8 Å². The molecule has 0 saturated carbocycles. The third-order valence-electron chi connectivity index (χ3n) is 1.02. The number of hydrogen-bond donors (Lipinski definition) is 3. The number of aliphatic hydroxyl groups excluding tert-OH is 1. The van der Waals surface area contributed by atoms with Gasteiger partial charge in [0.2, 0.25) is 0 Å². The van der Waals surface area contributed by atoms with Crippen molar-refractivity contribution in [2.45, 2.75) is 13.0 Å². The van der Waals surface area contributed by atoms with Crippen molar-refractivity contribution in [2.24, 2.45) is 5.73 Å². The second kappa shape index (κ2) is 4.24. The van der Waals surface area contributed by atoms with Crippen LogP contribution in [0.5, 0.6) is 0 Å². The lowest BCUT2D eigenvalue weighted by Gasteiger charge is -2.16. The van der Waals surface area contributed by atoms with Gasteiger partial charge in [-0.3, -0.25) is 10.3 Å². The SMILES string of the molecule is CC(O)CN(C)CC(=N)N. The molecule has 0 saturated heterocycles. The van der Waals surface area contributed by atoms with Crippen molar-refractivity contribution in [1.82, 2.24) is 4.90 Å². The van der Waals surface area contributed by atoms with E-state index in [2.05, 4.69) is 0 Å². The van der Waals surface area contributed by atoms with Gasteiger partial charge in [0.15, 0.2) is 0 Å². The van der Waals surface area contributed by atoms with Crippen molar-refractivity contribution in [3.8, 4) is 0 Å². The summed E-state index contributed by atoms with van der Waals surface area (Å²) in [4.78, 5) is 1.80. The summed E-state index contributed by atoms with van der Waals surface area (Å²) in [6.07, 6.45) is -0.357. The lowest BCUT2D eigenvalue weighted by molar-refractivity contribution is 0.149. The topological polar surface area (TPSA) is 73.3 Å². The van der Waals surface area contributed by atoms with Gasteiger partial charge in [-0.25, -0.2) is 0 Å². The quantitative estimate of drug-likeness (QED) is 0.359. The van der Waals surface area contributed by atoms with E-state index in [9.17, 15) is 0 Å². The number of amidine groups is 1. The lowest BCUT2D eigenvalue weighted by atomic mass is 10.4. The molecule has 0 amide bonds. The summed E-state index contributed by atoms with van der Waals surface area (Å²) in [6.45, 7) is 2.68. The average molecular weight is 145 g/mol. The first-order valence-corrected chi connectivity index (χ1v) is 3.22. The zero-order chi connectivity index (χ0) is 8.15. The number of nitrogens with two attached hydrogens (primary N) is 1. The molecule has 0 fully saturated rings. The van der Waals surface area contributed by atoms with Gasteiger partial charge in [0.05, 0.1) is 12.6 Å². The Morgan fingerprint density at radius 3 is 2.60 bits per heavy atom. The highest BCUT2D eigenvalue weighted by Crippen LogP contribution is 1.85. The summed E-state index contributed by atoms with van der Waals surface area (Å²) in [5.41, 5.74) is 5.13. The molecule has 0 aromatic heterocycles. The van der Waals surface area contributed by atoms with Gasteiger partial charge in [-0.15, -0.1) is 0 Å². The first kappa shape index (κ1) is 9.39. The van der Waals surface area contributed by atoms with E-state index in [0.717, 1.165) is 0 Å². The van der Waals surface area contributed by atoms with Crippen LogP contribution in [0.4, 0.5) is 0 Å². The van der Waals surface area contributed by atoms with Gasteiger partial charge in [-0.1, -0.05) is 0 Å². The van der Waals surface area contributed by atoms with Crippen LogP contribution in [-0.2, 0) is 0 Å². The Morgan fingerprint density at radius 1 is 1.80 bits per heavy atom.